The van der Waals surface area contributed by atoms with Crippen LogP contribution in [0.15, 0.2) is 48.6 Å². The van der Waals surface area contributed by atoms with Gasteiger partial charge in [0.1, 0.15) is 73.2 Å². The minimum atomic E-state index is -1.98. The van der Waals surface area contributed by atoms with Crippen LogP contribution in [0.2, 0.25) is 0 Å². The minimum Gasteiger partial charge on any atom is -0.394 e. The highest BCUT2D eigenvalue weighted by molar-refractivity contribution is 5.76. The molecule has 0 bridgehead atoms. The van der Waals surface area contributed by atoms with Crippen LogP contribution in [0.25, 0.3) is 0 Å². The quantitative estimate of drug-likeness (QED) is 0.0199. The molecule has 3 aliphatic rings. The van der Waals surface area contributed by atoms with Gasteiger partial charge in [-0.25, -0.2) is 0 Å². The molecular weight excluding hydrogens is 1190 g/mol. The fraction of sp³-hybridized carbons (Fsp3) is 0.878. The van der Waals surface area contributed by atoms with Crippen LogP contribution in [0.3, 0.4) is 0 Å². The Morgan fingerprint density at radius 1 is 0.387 bits per heavy atom. The summed E-state index contributed by atoms with van der Waals surface area (Å²) in [4.78, 5) is 13.4. The standard InChI is InChI=1S/C74H135NO18/c1-3-5-7-9-11-13-15-17-19-20-21-22-23-24-25-26-27-28-29-30-31-32-33-34-35-36-38-40-42-44-46-48-50-52-62(80)75-57(58(79)51-49-47-45-43-41-39-37-18-16-14-12-10-8-6-4-2)56-88-72-68(86)65(83)70(60(54-77)90-72)93-74-69(87)66(84)71(61(55-78)91-74)92-73-67(85)64(82)63(81)59(53-76)89-73/h15,17,20-21,41,43,49,51,57-61,63-74,76-79,81-87H,3-14,16,18-19,22-40,42,44-48,50,52-56H2,1-2H3,(H,75,80)/b17-15-,21-20-,43-41+,51-49+. The average Bonchev–Trinajstić information content (AvgIpc) is 0.902. The molecule has 19 nitrogen and oxygen atoms in total. The first-order chi connectivity index (χ1) is 45.3. The molecule has 0 radical (unpaired) electrons. The van der Waals surface area contributed by atoms with Crippen LogP contribution in [0, 0.1) is 0 Å². The van der Waals surface area contributed by atoms with E-state index >= 15 is 0 Å². The third-order valence-corrected chi connectivity index (χ3v) is 18.6. The Labute approximate surface area is 561 Å². The highest BCUT2D eigenvalue weighted by atomic mass is 16.8. The van der Waals surface area contributed by atoms with Gasteiger partial charge in [-0.15, -0.1) is 0 Å². The van der Waals surface area contributed by atoms with E-state index in [9.17, 15) is 61.0 Å². The molecule has 3 saturated heterocycles. The number of hydrogen-bond donors (Lipinski definition) is 12. The lowest BCUT2D eigenvalue weighted by Crippen LogP contribution is -2.66. The Hall–Kier alpha value is -2.25. The van der Waals surface area contributed by atoms with E-state index in [-0.39, 0.29) is 18.9 Å². The maximum absolute atomic E-state index is 13.4. The van der Waals surface area contributed by atoms with Crippen LogP contribution in [0.5, 0.6) is 0 Å². The van der Waals surface area contributed by atoms with Gasteiger partial charge in [-0.3, -0.25) is 4.79 Å². The second kappa shape index (κ2) is 55.6. The van der Waals surface area contributed by atoms with Gasteiger partial charge in [-0.1, -0.05) is 262 Å². The van der Waals surface area contributed by atoms with E-state index in [2.05, 4.69) is 55.6 Å². The number of rotatable bonds is 58. The molecule has 19 heteroatoms. The van der Waals surface area contributed by atoms with Crippen LogP contribution in [0.1, 0.15) is 284 Å². The summed E-state index contributed by atoms with van der Waals surface area (Å²) in [6, 6.07) is -0.989. The zero-order chi connectivity index (χ0) is 67.5. The van der Waals surface area contributed by atoms with Gasteiger partial charge < -0.3 is 89.9 Å². The summed E-state index contributed by atoms with van der Waals surface area (Å²) < 4.78 is 34.3. The maximum atomic E-state index is 13.4. The van der Waals surface area contributed by atoms with Crippen molar-refractivity contribution in [3.05, 3.63) is 48.6 Å². The van der Waals surface area contributed by atoms with Crippen molar-refractivity contribution in [1.82, 2.24) is 5.32 Å². The smallest absolute Gasteiger partial charge is 0.220 e. The highest BCUT2D eigenvalue weighted by Crippen LogP contribution is 2.33. The Bertz CT molecular complexity index is 1870. The molecule has 17 unspecified atom stereocenters. The van der Waals surface area contributed by atoms with E-state index in [1.54, 1.807) is 6.08 Å². The molecule has 0 aromatic rings. The van der Waals surface area contributed by atoms with Gasteiger partial charge in [0.05, 0.1) is 38.6 Å². The molecule has 544 valence electrons. The topological polar surface area (TPSA) is 307 Å². The maximum Gasteiger partial charge on any atom is 0.220 e. The van der Waals surface area contributed by atoms with Crippen molar-refractivity contribution in [2.45, 2.75) is 388 Å². The lowest BCUT2D eigenvalue weighted by Gasteiger charge is -2.48. The van der Waals surface area contributed by atoms with Crippen molar-refractivity contribution in [3.8, 4) is 0 Å². The second-order valence-corrected chi connectivity index (χ2v) is 26.7. The molecule has 17 atom stereocenters. The Morgan fingerprint density at radius 2 is 0.720 bits per heavy atom. The second-order valence-electron chi connectivity index (χ2n) is 26.7. The first kappa shape index (κ1) is 85.0. The molecule has 0 aromatic carbocycles. The van der Waals surface area contributed by atoms with E-state index in [0.717, 1.165) is 44.9 Å². The van der Waals surface area contributed by atoms with Crippen LogP contribution < -0.4 is 5.32 Å². The number of hydrogen-bond acceptors (Lipinski definition) is 18. The number of aliphatic hydroxyl groups excluding tert-OH is 11. The summed E-state index contributed by atoms with van der Waals surface area (Å²) in [5, 5.41) is 121. The van der Waals surface area contributed by atoms with Crippen molar-refractivity contribution < 1.29 is 89.4 Å². The van der Waals surface area contributed by atoms with Gasteiger partial charge >= 0.3 is 0 Å². The fourth-order valence-corrected chi connectivity index (χ4v) is 12.5. The normalized spacial score (nSPS) is 27.8. The number of ether oxygens (including phenoxy) is 6. The molecule has 12 N–H and O–H groups in total. The summed E-state index contributed by atoms with van der Waals surface area (Å²) in [6.45, 7) is 1.72. The number of amides is 1. The van der Waals surface area contributed by atoms with Crippen molar-refractivity contribution in [2.75, 3.05) is 26.4 Å². The van der Waals surface area contributed by atoms with Crippen molar-refractivity contribution in [1.29, 1.82) is 0 Å². The molecule has 3 rings (SSSR count). The number of nitrogens with one attached hydrogen (secondary N) is 1. The summed E-state index contributed by atoms with van der Waals surface area (Å²) >= 11 is 0. The molecular formula is C74H135NO18. The molecule has 1 amide bonds. The summed E-state index contributed by atoms with van der Waals surface area (Å²) in [5.74, 6) is -0.282. The van der Waals surface area contributed by atoms with Crippen LogP contribution in [0.4, 0.5) is 0 Å². The van der Waals surface area contributed by atoms with Crippen molar-refractivity contribution in [2.24, 2.45) is 0 Å². The Kier molecular flexibility index (Phi) is 50.8. The van der Waals surface area contributed by atoms with Crippen LogP contribution >= 0.6 is 0 Å². The molecule has 93 heavy (non-hydrogen) atoms. The largest absolute Gasteiger partial charge is 0.394 e. The van der Waals surface area contributed by atoms with E-state index in [1.807, 2.05) is 6.08 Å². The van der Waals surface area contributed by atoms with Crippen molar-refractivity contribution >= 4 is 5.91 Å². The Morgan fingerprint density at radius 3 is 1.14 bits per heavy atom. The van der Waals surface area contributed by atoms with Gasteiger partial charge in [0.25, 0.3) is 0 Å². The zero-order valence-corrected chi connectivity index (χ0v) is 57.7. The lowest BCUT2D eigenvalue weighted by molar-refractivity contribution is -0.379. The van der Waals surface area contributed by atoms with Gasteiger partial charge in [0.2, 0.25) is 5.91 Å². The zero-order valence-electron chi connectivity index (χ0n) is 57.7. The highest BCUT2D eigenvalue weighted by Gasteiger charge is 2.53. The molecule has 0 saturated carbocycles. The van der Waals surface area contributed by atoms with E-state index in [0.29, 0.717) is 12.8 Å². The number of aliphatic hydroxyl groups is 11. The number of carbonyl (C=O) groups is 1. The van der Waals surface area contributed by atoms with Gasteiger partial charge in [0, 0.05) is 6.42 Å². The Balaban J connectivity index is 1.35. The molecule has 3 fully saturated rings. The SMILES string of the molecule is CCCCCCC/C=C\C/C=C\CCCCCCCCCCCCCCCCCCCCCCCC(=O)NC(COC1OC(CO)C(OC2OC(CO)C(OC3OC(CO)C(O)C(O)C3O)C(O)C2O)C(O)C1O)C(O)/C=C/CC/C=C/CCCCCCCCCCC. The fourth-order valence-electron chi connectivity index (χ4n) is 12.5. The predicted octanol–water partition coefficient (Wildman–Crippen LogP) is 10.9. The van der Waals surface area contributed by atoms with E-state index in [4.69, 9.17) is 28.4 Å². The van der Waals surface area contributed by atoms with Gasteiger partial charge in [-0.2, -0.15) is 0 Å². The molecule has 3 aliphatic heterocycles. The average molecular weight is 1330 g/mol. The van der Waals surface area contributed by atoms with Crippen LogP contribution in [-0.2, 0) is 33.2 Å². The number of unbranched alkanes of at least 4 members (excludes halogenated alkanes) is 36. The molecule has 3 heterocycles. The predicted molar refractivity (Wildman–Crippen MR) is 365 cm³/mol. The lowest BCUT2D eigenvalue weighted by atomic mass is 9.96. The number of allylic oxidation sites excluding steroid dienone is 7. The third-order valence-electron chi connectivity index (χ3n) is 18.6. The van der Waals surface area contributed by atoms with E-state index in [1.165, 1.54) is 205 Å². The summed E-state index contributed by atoms with van der Waals surface area (Å²) in [7, 11) is 0. The van der Waals surface area contributed by atoms with Gasteiger partial charge in [0.15, 0.2) is 18.9 Å². The first-order valence-electron chi connectivity index (χ1n) is 37.4. The summed E-state index contributed by atoms with van der Waals surface area (Å²) in [5.41, 5.74) is 0. The first-order valence-corrected chi connectivity index (χ1v) is 37.4. The third kappa shape index (κ3) is 37.0. The minimum absolute atomic E-state index is 0.238. The van der Waals surface area contributed by atoms with Gasteiger partial charge in [-0.05, 0) is 64.2 Å². The van der Waals surface area contributed by atoms with E-state index < -0.39 is 124 Å². The summed E-state index contributed by atoms with van der Waals surface area (Å²) in [6.07, 6.45) is 41.1. The molecule has 0 aliphatic carbocycles. The molecule has 0 spiro atoms. The monoisotopic (exact) mass is 1330 g/mol. The van der Waals surface area contributed by atoms with Crippen LogP contribution in [-0.4, -0.2) is 193 Å². The molecule has 0 aromatic heterocycles. The number of carbonyl (C=O) groups excluding carboxylic acids is 1. The van der Waals surface area contributed by atoms with Crippen molar-refractivity contribution in [3.63, 3.8) is 0 Å².